The molecule has 0 bridgehead atoms. The average Bonchev–Trinajstić information content (AvgIpc) is 2.31. The van der Waals surface area contributed by atoms with Gasteiger partial charge in [-0.3, -0.25) is 4.57 Å². The smallest absolute Gasteiger partial charge is 0.776 e. The van der Waals surface area contributed by atoms with Crippen molar-refractivity contribution in [1.82, 2.24) is 4.90 Å². The van der Waals surface area contributed by atoms with E-state index in [0.717, 1.165) is 0 Å². The van der Waals surface area contributed by atoms with Crippen molar-refractivity contribution in [3.8, 4) is 0 Å². The van der Waals surface area contributed by atoms with Gasteiger partial charge in [0.25, 0.3) is 0 Å². The number of rotatable bonds is 9. The molecule has 0 aromatic heterocycles. The Morgan fingerprint density at radius 3 is 2.25 bits per heavy atom. The van der Waals surface area contributed by atoms with E-state index in [1.165, 1.54) is 0 Å². The minimum absolute atomic E-state index is 0. The van der Waals surface area contributed by atoms with Crippen LogP contribution >= 0.6 is 15.2 Å². The fourth-order valence-corrected chi connectivity index (χ4v) is 3.27. The molecule has 4 N–H and O–H groups in total. The molecule has 8 nitrogen and oxygen atoms in total. The van der Waals surface area contributed by atoms with Crippen LogP contribution in [0.1, 0.15) is 39.5 Å². The summed E-state index contributed by atoms with van der Waals surface area (Å²) in [5, 5.41) is 5.82. The second-order valence-electron chi connectivity index (χ2n) is 4.00. The van der Waals surface area contributed by atoms with Gasteiger partial charge in [0.2, 0.25) is 5.08 Å². The molecule has 0 aliphatic carbocycles. The van der Waals surface area contributed by atoms with Crippen molar-refractivity contribution >= 4 is 15.2 Å². The summed E-state index contributed by atoms with van der Waals surface area (Å²) < 4.78 is 60.0. The molecule has 0 fully saturated rings. The van der Waals surface area contributed by atoms with Gasteiger partial charge in [0.15, 0.2) is 7.60 Å². The van der Waals surface area contributed by atoms with E-state index in [2.05, 4.69) is 0 Å². The zero-order valence-electron chi connectivity index (χ0n) is 16.4. The van der Waals surface area contributed by atoms with Crippen LogP contribution in [0.4, 0.5) is 0 Å². The van der Waals surface area contributed by atoms with Gasteiger partial charge in [0.1, 0.15) is 0 Å². The zero-order chi connectivity index (χ0) is 19.6. The SMILES string of the molecule is [2H]C([2H])([2H])N(CCC(O)(P(=O)([O-])O)P(=O)(O)O)C([2H])([2H])CCCC.[Na+]. The second-order valence-corrected chi connectivity index (χ2v) is 7.96. The minimum atomic E-state index is -5.98. The molecule has 0 radical (unpaired) electrons. The van der Waals surface area contributed by atoms with Crippen molar-refractivity contribution in [2.45, 2.75) is 37.7 Å². The normalized spacial score (nSPS) is 23.2. The van der Waals surface area contributed by atoms with E-state index in [9.17, 15) is 19.1 Å². The first-order chi connectivity index (χ1) is 10.4. The van der Waals surface area contributed by atoms with Crippen LogP contribution in [0.5, 0.6) is 0 Å². The fraction of sp³-hybridized carbons (Fsp3) is 1.00. The molecule has 0 aromatic rings. The first-order valence-electron chi connectivity index (χ1n) is 8.00. The Hall–Kier alpha value is 1.22. The van der Waals surface area contributed by atoms with Gasteiger partial charge < -0.3 is 34.1 Å². The van der Waals surface area contributed by atoms with Crippen molar-refractivity contribution in [2.75, 3.05) is 20.0 Å². The van der Waals surface area contributed by atoms with Crippen LogP contribution in [0, 0.1) is 0 Å². The van der Waals surface area contributed by atoms with Gasteiger partial charge in [-0.25, -0.2) is 0 Å². The molecule has 0 aliphatic rings. The third-order valence-corrected chi connectivity index (χ3v) is 6.25. The molecule has 0 saturated heterocycles. The quantitative estimate of drug-likeness (QED) is 0.254. The molecule has 0 spiro atoms. The number of unbranched alkanes of at least 4 members (excludes halogenated alkanes) is 1. The summed E-state index contributed by atoms with van der Waals surface area (Å²) in [4.78, 5) is 38.4. The molecule has 20 heavy (non-hydrogen) atoms. The van der Waals surface area contributed by atoms with Gasteiger partial charge in [-0.05, 0) is 19.9 Å². The van der Waals surface area contributed by atoms with Crippen LogP contribution in [0.2, 0.25) is 0 Å². The van der Waals surface area contributed by atoms with Gasteiger partial charge in [0, 0.05) is 19.8 Å². The Morgan fingerprint density at radius 2 is 1.90 bits per heavy atom. The van der Waals surface area contributed by atoms with Crippen LogP contribution in [0.3, 0.4) is 0 Å². The minimum Gasteiger partial charge on any atom is -0.776 e. The van der Waals surface area contributed by atoms with Crippen LogP contribution in [0.15, 0.2) is 0 Å². The molecule has 2 atom stereocenters. The van der Waals surface area contributed by atoms with Crippen molar-refractivity contribution in [3.63, 3.8) is 0 Å². The molecule has 0 saturated carbocycles. The average molecular weight is 346 g/mol. The fourth-order valence-electron chi connectivity index (χ4n) is 1.18. The van der Waals surface area contributed by atoms with Gasteiger partial charge in [-0.15, -0.1) is 0 Å². The second kappa shape index (κ2) is 9.38. The first-order valence-corrected chi connectivity index (χ1v) is 8.69. The summed E-state index contributed by atoms with van der Waals surface area (Å²) in [7, 11) is -11.8. The monoisotopic (exact) mass is 346 g/mol. The molecule has 0 aliphatic heterocycles. The van der Waals surface area contributed by atoms with Gasteiger partial charge in [0.05, 0.1) is 0 Å². The van der Waals surface area contributed by atoms with E-state index >= 15 is 0 Å². The summed E-state index contributed by atoms with van der Waals surface area (Å²) in [6.45, 7) is -4.81. The third kappa shape index (κ3) is 6.99. The summed E-state index contributed by atoms with van der Waals surface area (Å²) in [6, 6.07) is 0. The molecule has 116 valence electrons. The Balaban J connectivity index is 0. The topological polar surface area (TPSA) is 141 Å². The molecule has 11 heteroatoms. The van der Waals surface area contributed by atoms with Crippen LogP contribution < -0.4 is 34.5 Å². The van der Waals surface area contributed by atoms with Crippen LogP contribution in [0.25, 0.3) is 0 Å². The van der Waals surface area contributed by atoms with E-state index in [0.29, 0.717) is 12.8 Å². The third-order valence-electron chi connectivity index (χ3n) is 2.42. The number of hydrogen-bond donors (Lipinski definition) is 4. The number of hydrogen-bond acceptors (Lipinski definition) is 5. The van der Waals surface area contributed by atoms with Crippen molar-refractivity contribution in [1.29, 1.82) is 0 Å². The van der Waals surface area contributed by atoms with E-state index in [-0.39, 0.29) is 40.9 Å². The summed E-state index contributed by atoms with van der Waals surface area (Å²) in [5.41, 5.74) is 0. The number of aliphatic hydroxyl groups is 1. The number of nitrogens with zero attached hydrogens (tertiary/aromatic N) is 1. The predicted molar refractivity (Wildman–Crippen MR) is 68.5 cm³/mol. The first kappa shape index (κ1) is 14.8. The van der Waals surface area contributed by atoms with Gasteiger partial charge in [-0.1, -0.05) is 19.8 Å². The molecule has 2 unspecified atom stereocenters. The van der Waals surface area contributed by atoms with Gasteiger partial charge in [-0.2, -0.15) is 0 Å². The predicted octanol–water partition coefficient (Wildman–Crippen LogP) is -3.13. The van der Waals surface area contributed by atoms with Crippen molar-refractivity contribution < 1.29 is 70.2 Å². The van der Waals surface area contributed by atoms with E-state index in [1.807, 2.05) is 0 Å². The Bertz CT molecular complexity index is 501. The largest absolute Gasteiger partial charge is 1.00 e. The molecule has 0 heterocycles. The summed E-state index contributed by atoms with van der Waals surface area (Å²) >= 11 is 0. The van der Waals surface area contributed by atoms with E-state index in [4.69, 9.17) is 21.5 Å². The van der Waals surface area contributed by atoms with E-state index < -0.39 is 46.7 Å². The maximum absolute atomic E-state index is 11.2. The molecule has 0 aromatic carbocycles. The molecular weight excluding hydrogens is 319 g/mol. The molecule has 0 rings (SSSR count). The standard InChI is InChI=1S/C9H23NO7P2.Na/c1-3-4-5-7-10(2)8-6-9(11,18(12,13)14)19(15,16)17;/h11H,3-8H2,1-2H3,(H2,12,13,14)(H2,15,16,17);/q;+1/p-1/i2D3,7D2;. The maximum atomic E-state index is 11.2. The van der Waals surface area contributed by atoms with Gasteiger partial charge >= 0.3 is 37.2 Å². The zero-order valence-corrected chi connectivity index (χ0v) is 15.2. The van der Waals surface area contributed by atoms with Crippen molar-refractivity contribution in [3.05, 3.63) is 0 Å². The Kier molecular flexibility index (Phi) is 6.94. The summed E-state index contributed by atoms with van der Waals surface area (Å²) in [6.07, 6.45) is -0.765. The Morgan fingerprint density at radius 1 is 1.35 bits per heavy atom. The van der Waals surface area contributed by atoms with Crippen LogP contribution in [-0.2, 0) is 9.13 Å². The van der Waals surface area contributed by atoms with Crippen molar-refractivity contribution in [2.24, 2.45) is 0 Å². The van der Waals surface area contributed by atoms with E-state index in [1.54, 1.807) is 6.92 Å². The molecule has 0 amide bonds. The summed E-state index contributed by atoms with van der Waals surface area (Å²) in [5.74, 6) is 0. The maximum Gasteiger partial charge on any atom is 1.00 e. The Labute approximate surface area is 148 Å². The molecular formula is C9H22NNaO7P2. The van der Waals surface area contributed by atoms with Crippen LogP contribution in [-0.4, -0.2) is 49.8 Å².